The molecule has 0 aliphatic carbocycles. The Balaban J connectivity index is 2.21. The Hall–Kier alpha value is -1.02. The Labute approximate surface area is 124 Å². The standard InChI is InChI=1S/C13H10BrClN2S/c1-17(8-12-2-3-13(15)18-12)11-5-9(7-16)4-10(14)6-11/h2-6H,8H2,1H3. The van der Waals surface area contributed by atoms with Crippen LogP contribution in [0.25, 0.3) is 0 Å². The lowest BCUT2D eigenvalue weighted by Gasteiger charge is -2.19. The van der Waals surface area contributed by atoms with Gasteiger partial charge in [-0.1, -0.05) is 27.5 Å². The van der Waals surface area contributed by atoms with Crippen LogP contribution in [-0.2, 0) is 6.54 Å². The second kappa shape index (κ2) is 5.75. The van der Waals surface area contributed by atoms with Gasteiger partial charge in [-0.05, 0) is 30.3 Å². The molecule has 0 atom stereocenters. The molecule has 18 heavy (non-hydrogen) atoms. The van der Waals surface area contributed by atoms with Crippen molar-refractivity contribution in [2.45, 2.75) is 6.54 Å². The summed E-state index contributed by atoms with van der Waals surface area (Å²) in [5.41, 5.74) is 1.65. The van der Waals surface area contributed by atoms with E-state index in [0.29, 0.717) is 5.56 Å². The fourth-order valence-electron chi connectivity index (χ4n) is 1.62. The molecule has 0 aliphatic heterocycles. The van der Waals surface area contributed by atoms with E-state index in [1.54, 1.807) is 17.4 Å². The van der Waals surface area contributed by atoms with Crippen LogP contribution < -0.4 is 4.90 Å². The SMILES string of the molecule is CN(Cc1ccc(Cl)s1)c1cc(Br)cc(C#N)c1. The molecule has 2 nitrogen and oxygen atoms in total. The highest BCUT2D eigenvalue weighted by Gasteiger charge is 2.06. The maximum absolute atomic E-state index is 8.96. The van der Waals surface area contributed by atoms with Crippen molar-refractivity contribution < 1.29 is 0 Å². The molecule has 0 saturated heterocycles. The van der Waals surface area contributed by atoms with Crippen LogP contribution in [0, 0.1) is 11.3 Å². The van der Waals surface area contributed by atoms with Gasteiger partial charge in [0.2, 0.25) is 0 Å². The first kappa shape index (κ1) is 13.4. The van der Waals surface area contributed by atoms with Crippen molar-refractivity contribution in [1.82, 2.24) is 0 Å². The van der Waals surface area contributed by atoms with Crippen LogP contribution in [0.1, 0.15) is 10.4 Å². The van der Waals surface area contributed by atoms with Gasteiger partial charge >= 0.3 is 0 Å². The number of hydrogen-bond donors (Lipinski definition) is 0. The molecule has 2 aromatic rings. The monoisotopic (exact) mass is 340 g/mol. The van der Waals surface area contributed by atoms with Crippen molar-refractivity contribution >= 4 is 44.6 Å². The van der Waals surface area contributed by atoms with Crippen LogP contribution in [0.4, 0.5) is 5.69 Å². The molecule has 1 heterocycles. The molecule has 0 fully saturated rings. The quantitative estimate of drug-likeness (QED) is 0.811. The van der Waals surface area contributed by atoms with Crippen molar-refractivity contribution in [2.24, 2.45) is 0 Å². The summed E-state index contributed by atoms with van der Waals surface area (Å²) in [6.45, 7) is 0.776. The van der Waals surface area contributed by atoms with Gasteiger partial charge < -0.3 is 4.90 Å². The summed E-state index contributed by atoms with van der Waals surface area (Å²) in [4.78, 5) is 3.29. The molecule has 0 saturated carbocycles. The third-order valence-electron chi connectivity index (χ3n) is 2.47. The van der Waals surface area contributed by atoms with Crippen LogP contribution in [0.3, 0.4) is 0 Å². The molecule has 92 valence electrons. The van der Waals surface area contributed by atoms with Crippen molar-refractivity contribution in [2.75, 3.05) is 11.9 Å². The van der Waals surface area contributed by atoms with Crippen LogP contribution in [0.5, 0.6) is 0 Å². The predicted molar refractivity (Wildman–Crippen MR) is 80.3 cm³/mol. The summed E-state index contributed by atoms with van der Waals surface area (Å²) in [5, 5.41) is 8.96. The molecule has 0 radical (unpaired) electrons. The largest absolute Gasteiger partial charge is 0.369 e. The van der Waals surface area contributed by atoms with Crippen LogP contribution in [0.2, 0.25) is 4.34 Å². The Morgan fingerprint density at radius 2 is 2.17 bits per heavy atom. The van der Waals surface area contributed by atoms with Gasteiger partial charge in [-0.3, -0.25) is 0 Å². The van der Waals surface area contributed by atoms with Crippen molar-refractivity contribution in [3.05, 3.63) is 49.6 Å². The van der Waals surface area contributed by atoms with Gasteiger partial charge in [-0.2, -0.15) is 5.26 Å². The first-order valence-corrected chi connectivity index (χ1v) is 7.23. The maximum Gasteiger partial charge on any atom is 0.0992 e. The zero-order valence-corrected chi connectivity index (χ0v) is 12.8. The van der Waals surface area contributed by atoms with E-state index in [4.69, 9.17) is 16.9 Å². The minimum Gasteiger partial charge on any atom is -0.369 e. The Bertz CT molecular complexity index is 603. The van der Waals surface area contributed by atoms with Crippen molar-refractivity contribution in [3.8, 4) is 6.07 Å². The average Bonchev–Trinajstić information content (AvgIpc) is 2.73. The predicted octanol–water partition coefficient (Wildman–Crippen LogP) is 4.67. The number of halogens is 2. The fourth-order valence-corrected chi connectivity index (χ4v) is 3.24. The molecule has 1 aromatic carbocycles. The van der Waals surface area contributed by atoms with E-state index < -0.39 is 0 Å². The van der Waals surface area contributed by atoms with Gasteiger partial charge in [0.15, 0.2) is 0 Å². The van der Waals surface area contributed by atoms with Crippen molar-refractivity contribution in [1.29, 1.82) is 5.26 Å². The van der Waals surface area contributed by atoms with Gasteiger partial charge in [0, 0.05) is 22.1 Å². The van der Waals surface area contributed by atoms with E-state index in [0.717, 1.165) is 21.0 Å². The first-order valence-electron chi connectivity index (χ1n) is 5.24. The van der Waals surface area contributed by atoms with E-state index in [1.807, 2.05) is 31.3 Å². The highest BCUT2D eigenvalue weighted by Crippen LogP contribution is 2.26. The van der Waals surface area contributed by atoms with Gasteiger partial charge in [0.25, 0.3) is 0 Å². The summed E-state index contributed by atoms with van der Waals surface area (Å²) >= 11 is 10.9. The van der Waals surface area contributed by atoms with Crippen LogP contribution in [-0.4, -0.2) is 7.05 Å². The lowest BCUT2D eigenvalue weighted by molar-refractivity contribution is 0.939. The maximum atomic E-state index is 8.96. The van der Waals surface area contributed by atoms with Gasteiger partial charge in [0.05, 0.1) is 22.5 Å². The molecule has 0 aliphatic rings. The molecule has 5 heteroatoms. The molecule has 1 aromatic heterocycles. The average molecular weight is 342 g/mol. The molecule has 0 unspecified atom stereocenters. The molecule has 0 amide bonds. The fraction of sp³-hybridized carbons (Fsp3) is 0.154. The lowest BCUT2D eigenvalue weighted by Crippen LogP contribution is -2.15. The van der Waals surface area contributed by atoms with Gasteiger partial charge in [-0.25, -0.2) is 0 Å². The molecule has 2 rings (SSSR count). The van der Waals surface area contributed by atoms with Gasteiger partial charge in [0.1, 0.15) is 0 Å². The summed E-state index contributed by atoms with van der Waals surface area (Å²) < 4.78 is 1.71. The molecule has 0 N–H and O–H groups in total. The number of anilines is 1. The number of thiophene rings is 1. The normalized spacial score (nSPS) is 10.1. The number of rotatable bonds is 3. The third-order valence-corrected chi connectivity index (χ3v) is 4.15. The summed E-state index contributed by atoms with van der Waals surface area (Å²) in [7, 11) is 2.00. The van der Waals surface area contributed by atoms with E-state index in [1.165, 1.54) is 4.88 Å². The Morgan fingerprint density at radius 3 is 2.78 bits per heavy atom. The zero-order chi connectivity index (χ0) is 13.1. The topological polar surface area (TPSA) is 27.0 Å². The van der Waals surface area contributed by atoms with Crippen LogP contribution in [0.15, 0.2) is 34.8 Å². The molecule has 0 spiro atoms. The molecular formula is C13H10BrClN2S. The van der Waals surface area contributed by atoms with E-state index >= 15 is 0 Å². The van der Waals surface area contributed by atoms with E-state index in [2.05, 4.69) is 26.9 Å². The van der Waals surface area contributed by atoms with Crippen molar-refractivity contribution in [3.63, 3.8) is 0 Å². The zero-order valence-electron chi connectivity index (χ0n) is 9.65. The van der Waals surface area contributed by atoms with E-state index in [9.17, 15) is 0 Å². The lowest BCUT2D eigenvalue weighted by atomic mass is 10.2. The number of nitrogens with zero attached hydrogens (tertiary/aromatic N) is 2. The highest BCUT2D eigenvalue weighted by molar-refractivity contribution is 9.10. The van der Waals surface area contributed by atoms with E-state index in [-0.39, 0.29) is 0 Å². The summed E-state index contributed by atoms with van der Waals surface area (Å²) in [6.07, 6.45) is 0. The smallest absolute Gasteiger partial charge is 0.0992 e. The molecule has 0 bridgehead atoms. The Kier molecular flexibility index (Phi) is 4.28. The number of nitriles is 1. The minimum atomic E-state index is 0.649. The Morgan fingerprint density at radius 1 is 1.39 bits per heavy atom. The number of benzene rings is 1. The third kappa shape index (κ3) is 3.26. The number of hydrogen-bond acceptors (Lipinski definition) is 3. The second-order valence-electron chi connectivity index (χ2n) is 3.87. The molecular weight excluding hydrogens is 332 g/mol. The first-order chi connectivity index (χ1) is 8.58. The highest BCUT2D eigenvalue weighted by atomic mass is 79.9. The minimum absolute atomic E-state index is 0.649. The summed E-state index contributed by atoms with van der Waals surface area (Å²) in [6, 6.07) is 11.8. The van der Waals surface area contributed by atoms with Crippen LogP contribution >= 0.6 is 38.9 Å². The van der Waals surface area contributed by atoms with Gasteiger partial charge in [-0.15, -0.1) is 11.3 Å². The second-order valence-corrected chi connectivity index (χ2v) is 6.59. The summed E-state index contributed by atoms with van der Waals surface area (Å²) in [5.74, 6) is 0.